The lowest BCUT2D eigenvalue weighted by Gasteiger charge is -2.04. The van der Waals surface area contributed by atoms with Crippen LogP contribution in [0.2, 0.25) is 5.02 Å². The number of rotatable bonds is 5. The predicted octanol–water partition coefficient (Wildman–Crippen LogP) is 4.19. The highest BCUT2D eigenvalue weighted by molar-refractivity contribution is 7.18. The fraction of sp³-hybridized carbons (Fsp3) is 0.167. The van der Waals surface area contributed by atoms with Gasteiger partial charge < -0.3 is 15.2 Å². The van der Waals surface area contributed by atoms with Crippen molar-refractivity contribution in [1.29, 1.82) is 0 Å². The minimum absolute atomic E-state index is 0.230. The highest BCUT2D eigenvalue weighted by Crippen LogP contribution is 2.28. The molecule has 0 saturated carbocycles. The summed E-state index contributed by atoms with van der Waals surface area (Å²) in [5.74, 6) is 0.138. The average molecular weight is 390 g/mol. The summed E-state index contributed by atoms with van der Waals surface area (Å²) in [5.41, 5.74) is 1.81. The summed E-state index contributed by atoms with van der Waals surface area (Å²) in [4.78, 5) is 25.2. The molecule has 0 aliphatic rings. The number of anilines is 1. The molecule has 0 bridgehead atoms. The van der Waals surface area contributed by atoms with Gasteiger partial charge in [0.15, 0.2) is 0 Å². The molecule has 0 aliphatic carbocycles. The maximum absolute atomic E-state index is 12.4. The van der Waals surface area contributed by atoms with E-state index in [0.717, 1.165) is 5.56 Å². The molecule has 6 nitrogen and oxygen atoms in total. The van der Waals surface area contributed by atoms with E-state index >= 15 is 0 Å². The Kier molecular flexibility index (Phi) is 5.39. The molecule has 2 heterocycles. The van der Waals surface area contributed by atoms with Gasteiger partial charge >= 0.3 is 0 Å². The Morgan fingerprint density at radius 1 is 1.19 bits per heavy atom. The standard InChI is InChI=1S/C18H16ClN3O3S/c1-10-7-15(21-17(23)13-5-3-4-6-14(13)19)26-16(10)18(24)20-9-12-8-11(2)25-22-12/h3-8H,9H2,1-2H3,(H,20,24)(H,21,23). The van der Waals surface area contributed by atoms with Crippen molar-refractivity contribution in [2.75, 3.05) is 5.32 Å². The topological polar surface area (TPSA) is 84.2 Å². The Morgan fingerprint density at radius 2 is 1.96 bits per heavy atom. The average Bonchev–Trinajstić information content (AvgIpc) is 3.18. The van der Waals surface area contributed by atoms with Crippen molar-refractivity contribution in [3.05, 3.63) is 68.9 Å². The number of aryl methyl sites for hydroxylation is 2. The van der Waals surface area contributed by atoms with Crippen molar-refractivity contribution in [2.45, 2.75) is 20.4 Å². The zero-order valence-corrected chi connectivity index (χ0v) is 15.7. The molecule has 2 amide bonds. The number of benzene rings is 1. The normalized spacial score (nSPS) is 10.6. The van der Waals surface area contributed by atoms with Crippen LogP contribution in [0.4, 0.5) is 5.00 Å². The SMILES string of the molecule is Cc1cc(CNC(=O)c2sc(NC(=O)c3ccccc3Cl)cc2C)no1. The molecule has 3 rings (SSSR count). The summed E-state index contributed by atoms with van der Waals surface area (Å²) >= 11 is 7.24. The Hall–Kier alpha value is -2.64. The van der Waals surface area contributed by atoms with Crippen LogP contribution in [0.5, 0.6) is 0 Å². The molecule has 8 heteroatoms. The van der Waals surface area contributed by atoms with E-state index in [-0.39, 0.29) is 18.4 Å². The van der Waals surface area contributed by atoms with Gasteiger partial charge in [0.1, 0.15) is 11.5 Å². The van der Waals surface area contributed by atoms with Crippen LogP contribution in [-0.2, 0) is 6.54 Å². The minimum Gasteiger partial charge on any atom is -0.361 e. The summed E-state index contributed by atoms with van der Waals surface area (Å²) in [6, 6.07) is 10.3. The second-order valence-electron chi connectivity index (χ2n) is 5.67. The van der Waals surface area contributed by atoms with Crippen molar-refractivity contribution >= 4 is 39.8 Å². The third-order valence-corrected chi connectivity index (χ3v) is 5.07. The number of aromatic nitrogens is 1. The van der Waals surface area contributed by atoms with Gasteiger partial charge in [0.05, 0.1) is 27.0 Å². The third kappa shape index (κ3) is 4.12. The molecular formula is C18H16ClN3O3S. The van der Waals surface area contributed by atoms with Crippen molar-refractivity contribution in [2.24, 2.45) is 0 Å². The molecule has 0 unspecified atom stereocenters. The molecule has 3 aromatic rings. The van der Waals surface area contributed by atoms with Gasteiger partial charge in [-0.1, -0.05) is 28.9 Å². The summed E-state index contributed by atoms with van der Waals surface area (Å²) in [7, 11) is 0. The second-order valence-corrected chi connectivity index (χ2v) is 7.13. The first-order valence-corrected chi connectivity index (χ1v) is 9.00. The van der Waals surface area contributed by atoms with Crippen LogP contribution in [-0.4, -0.2) is 17.0 Å². The van der Waals surface area contributed by atoms with Crippen molar-refractivity contribution in [3.63, 3.8) is 0 Å². The minimum atomic E-state index is -0.318. The zero-order valence-electron chi connectivity index (χ0n) is 14.1. The molecule has 0 aliphatic heterocycles. The smallest absolute Gasteiger partial charge is 0.262 e. The van der Waals surface area contributed by atoms with Gasteiger partial charge in [0.2, 0.25) is 0 Å². The first kappa shape index (κ1) is 18.2. The van der Waals surface area contributed by atoms with Gasteiger partial charge in [0, 0.05) is 6.07 Å². The number of hydrogen-bond acceptors (Lipinski definition) is 5. The van der Waals surface area contributed by atoms with E-state index in [1.165, 1.54) is 11.3 Å². The highest BCUT2D eigenvalue weighted by atomic mass is 35.5. The fourth-order valence-electron chi connectivity index (χ4n) is 2.35. The number of amides is 2. The van der Waals surface area contributed by atoms with E-state index in [2.05, 4.69) is 15.8 Å². The van der Waals surface area contributed by atoms with Gasteiger partial charge in [0.25, 0.3) is 11.8 Å². The number of hydrogen-bond donors (Lipinski definition) is 2. The third-order valence-electron chi connectivity index (χ3n) is 3.59. The molecule has 26 heavy (non-hydrogen) atoms. The summed E-state index contributed by atoms with van der Waals surface area (Å²) < 4.78 is 4.97. The number of carbonyl (C=O) groups excluding carboxylic acids is 2. The van der Waals surface area contributed by atoms with Crippen LogP contribution in [0.1, 0.15) is 37.0 Å². The molecule has 0 saturated heterocycles. The van der Waals surface area contributed by atoms with Crippen LogP contribution in [0, 0.1) is 13.8 Å². The monoisotopic (exact) mass is 389 g/mol. The molecule has 0 spiro atoms. The Morgan fingerprint density at radius 3 is 2.65 bits per heavy atom. The summed E-state index contributed by atoms with van der Waals surface area (Å²) in [5, 5.41) is 10.4. The molecular weight excluding hydrogens is 374 g/mol. The maximum atomic E-state index is 12.4. The predicted molar refractivity (Wildman–Crippen MR) is 101 cm³/mol. The van der Waals surface area contributed by atoms with Crippen LogP contribution < -0.4 is 10.6 Å². The first-order valence-electron chi connectivity index (χ1n) is 7.80. The second kappa shape index (κ2) is 7.72. The fourth-order valence-corrected chi connectivity index (χ4v) is 3.55. The maximum Gasteiger partial charge on any atom is 0.262 e. The Labute approximate surface area is 159 Å². The van der Waals surface area contributed by atoms with Gasteiger partial charge in [-0.05, 0) is 37.6 Å². The molecule has 0 atom stereocenters. The summed E-state index contributed by atoms with van der Waals surface area (Å²) in [6.45, 7) is 3.88. The summed E-state index contributed by atoms with van der Waals surface area (Å²) in [6.07, 6.45) is 0. The van der Waals surface area contributed by atoms with Crippen molar-refractivity contribution < 1.29 is 14.1 Å². The lowest BCUT2D eigenvalue weighted by molar-refractivity contribution is 0.0952. The molecule has 1 aromatic carbocycles. The number of nitrogens with zero attached hydrogens (tertiary/aromatic N) is 1. The lowest BCUT2D eigenvalue weighted by Crippen LogP contribution is -2.22. The van der Waals surface area contributed by atoms with Crippen LogP contribution in [0.25, 0.3) is 0 Å². The number of nitrogens with one attached hydrogen (secondary N) is 2. The highest BCUT2D eigenvalue weighted by Gasteiger charge is 2.17. The first-order chi connectivity index (χ1) is 12.4. The van der Waals surface area contributed by atoms with Crippen LogP contribution in [0.15, 0.2) is 40.9 Å². The quantitative estimate of drug-likeness (QED) is 0.685. The van der Waals surface area contributed by atoms with Crippen LogP contribution >= 0.6 is 22.9 Å². The molecule has 134 valence electrons. The van der Waals surface area contributed by atoms with E-state index in [1.807, 2.05) is 6.92 Å². The van der Waals surface area contributed by atoms with Gasteiger partial charge in [-0.15, -0.1) is 11.3 Å². The van der Waals surface area contributed by atoms with Crippen molar-refractivity contribution in [1.82, 2.24) is 10.5 Å². The van der Waals surface area contributed by atoms with Gasteiger partial charge in [-0.25, -0.2) is 0 Å². The van der Waals surface area contributed by atoms with Crippen molar-refractivity contribution in [3.8, 4) is 0 Å². The Bertz CT molecular complexity index is 964. The van der Waals surface area contributed by atoms with Gasteiger partial charge in [-0.3, -0.25) is 9.59 Å². The van der Waals surface area contributed by atoms with Gasteiger partial charge in [-0.2, -0.15) is 0 Å². The lowest BCUT2D eigenvalue weighted by atomic mass is 10.2. The van der Waals surface area contributed by atoms with E-state index in [1.54, 1.807) is 43.3 Å². The van der Waals surface area contributed by atoms with Crippen LogP contribution in [0.3, 0.4) is 0 Å². The van der Waals surface area contributed by atoms with E-state index in [4.69, 9.17) is 16.1 Å². The van der Waals surface area contributed by atoms with E-state index < -0.39 is 0 Å². The number of carbonyl (C=O) groups is 2. The molecule has 0 radical (unpaired) electrons. The van der Waals surface area contributed by atoms with E-state index in [0.29, 0.717) is 31.9 Å². The molecule has 2 aromatic heterocycles. The Balaban J connectivity index is 1.67. The zero-order chi connectivity index (χ0) is 18.7. The van der Waals surface area contributed by atoms with E-state index in [9.17, 15) is 9.59 Å². The molecule has 0 fully saturated rings. The largest absolute Gasteiger partial charge is 0.361 e. The number of thiophene rings is 1. The molecule has 2 N–H and O–H groups in total. The number of halogens is 1.